The summed E-state index contributed by atoms with van der Waals surface area (Å²) in [6.07, 6.45) is 10.5. The molecule has 0 unspecified atom stereocenters. The number of carbonyl (C=O) groups is 1. The molecule has 0 aromatic rings. The maximum Gasteiger partial charge on any atom is 0.205 e. The van der Waals surface area contributed by atoms with Gasteiger partial charge in [-0.1, -0.05) is 12.8 Å². The Morgan fingerprint density at radius 3 is 2.60 bits per heavy atom. The maximum absolute atomic E-state index is 10.7. The summed E-state index contributed by atoms with van der Waals surface area (Å²) in [5.74, 6) is 2.73. The molecule has 10 heavy (non-hydrogen) atoms. The van der Waals surface area contributed by atoms with Crippen LogP contribution in [0.3, 0.4) is 0 Å². The average Bonchev–Trinajstić information content (AvgIpc) is 2.40. The highest BCUT2D eigenvalue weighted by Crippen LogP contribution is 2.27. The van der Waals surface area contributed by atoms with Crippen molar-refractivity contribution in [2.45, 2.75) is 32.1 Å². The zero-order chi connectivity index (χ0) is 7.40. The first-order valence-corrected chi connectivity index (χ1v) is 3.82. The molecule has 1 nitrogen and oxygen atoms in total. The van der Waals surface area contributed by atoms with E-state index >= 15 is 0 Å². The highest BCUT2D eigenvalue weighted by Gasteiger charge is 2.16. The van der Waals surface area contributed by atoms with Crippen molar-refractivity contribution in [3.8, 4) is 12.3 Å². The number of ketones is 1. The van der Waals surface area contributed by atoms with Gasteiger partial charge in [0.25, 0.3) is 0 Å². The van der Waals surface area contributed by atoms with Crippen LogP contribution in [-0.2, 0) is 4.79 Å². The lowest BCUT2D eigenvalue weighted by Gasteiger charge is -2.02. The molecule has 1 heteroatoms. The fraction of sp³-hybridized carbons (Fsp3) is 0.667. The molecule has 1 aliphatic carbocycles. The standard InChI is InChI=1S/C9H12O/c1-2-9(10)7-8-5-3-4-6-8/h1,8H,3-7H2. The van der Waals surface area contributed by atoms with Gasteiger partial charge in [0, 0.05) is 6.42 Å². The molecule has 0 saturated heterocycles. The van der Waals surface area contributed by atoms with Crippen molar-refractivity contribution in [2.75, 3.05) is 0 Å². The molecule has 1 aliphatic rings. The van der Waals surface area contributed by atoms with Crippen molar-refractivity contribution in [1.29, 1.82) is 0 Å². The molecule has 0 heterocycles. The van der Waals surface area contributed by atoms with Crippen LogP contribution >= 0.6 is 0 Å². The van der Waals surface area contributed by atoms with E-state index in [0.717, 1.165) is 0 Å². The maximum atomic E-state index is 10.7. The van der Waals surface area contributed by atoms with Crippen LogP contribution in [0.2, 0.25) is 0 Å². The summed E-state index contributed by atoms with van der Waals surface area (Å²) in [5.41, 5.74) is 0. The SMILES string of the molecule is C#CC(=O)CC1CCCC1. The molecule has 1 saturated carbocycles. The molecular weight excluding hydrogens is 124 g/mol. The lowest BCUT2D eigenvalue weighted by Crippen LogP contribution is -2.01. The van der Waals surface area contributed by atoms with Crippen LogP contribution in [0.25, 0.3) is 0 Å². The molecule has 0 amide bonds. The van der Waals surface area contributed by atoms with Gasteiger partial charge in [0.05, 0.1) is 0 Å². The largest absolute Gasteiger partial charge is 0.285 e. The van der Waals surface area contributed by atoms with Gasteiger partial charge in [0.15, 0.2) is 0 Å². The van der Waals surface area contributed by atoms with Crippen LogP contribution < -0.4 is 0 Å². The predicted octanol–water partition coefficient (Wildman–Crippen LogP) is 1.77. The molecule has 0 bridgehead atoms. The van der Waals surface area contributed by atoms with Gasteiger partial charge in [-0.15, -0.1) is 6.42 Å². The number of terminal acetylenes is 1. The minimum Gasteiger partial charge on any atom is -0.285 e. The zero-order valence-corrected chi connectivity index (χ0v) is 6.10. The van der Waals surface area contributed by atoms with Crippen molar-refractivity contribution in [1.82, 2.24) is 0 Å². The van der Waals surface area contributed by atoms with Gasteiger partial charge in [-0.25, -0.2) is 0 Å². The van der Waals surface area contributed by atoms with E-state index < -0.39 is 0 Å². The normalized spacial score (nSPS) is 18.7. The Balaban J connectivity index is 2.25. The summed E-state index contributed by atoms with van der Waals surface area (Å²) >= 11 is 0. The Morgan fingerprint density at radius 2 is 2.10 bits per heavy atom. The predicted molar refractivity (Wildman–Crippen MR) is 40.4 cm³/mol. The van der Waals surface area contributed by atoms with Crippen LogP contribution in [0, 0.1) is 18.3 Å². The topological polar surface area (TPSA) is 17.1 Å². The monoisotopic (exact) mass is 136 g/mol. The van der Waals surface area contributed by atoms with Gasteiger partial charge in [-0.2, -0.15) is 0 Å². The van der Waals surface area contributed by atoms with E-state index in [1.807, 2.05) is 0 Å². The summed E-state index contributed by atoms with van der Waals surface area (Å²) in [6.45, 7) is 0. The molecule has 0 aromatic heterocycles. The average molecular weight is 136 g/mol. The van der Waals surface area contributed by atoms with E-state index in [2.05, 4.69) is 5.92 Å². The third-order valence-corrected chi connectivity index (χ3v) is 2.11. The van der Waals surface area contributed by atoms with Crippen LogP contribution in [0.1, 0.15) is 32.1 Å². The second kappa shape index (κ2) is 3.41. The highest BCUT2D eigenvalue weighted by molar-refractivity contribution is 5.94. The number of hydrogen-bond donors (Lipinski definition) is 0. The van der Waals surface area contributed by atoms with Gasteiger partial charge in [0.2, 0.25) is 5.78 Å². The molecule has 0 radical (unpaired) electrons. The Labute approximate surface area is 61.8 Å². The quantitative estimate of drug-likeness (QED) is 0.417. The van der Waals surface area contributed by atoms with E-state index in [-0.39, 0.29) is 5.78 Å². The third kappa shape index (κ3) is 1.88. The lowest BCUT2D eigenvalue weighted by molar-refractivity contribution is -0.114. The van der Waals surface area contributed by atoms with Crippen LogP contribution in [-0.4, -0.2) is 5.78 Å². The van der Waals surface area contributed by atoms with Crippen LogP contribution in [0.4, 0.5) is 0 Å². The Morgan fingerprint density at radius 1 is 1.50 bits per heavy atom. The second-order valence-electron chi connectivity index (χ2n) is 2.92. The smallest absolute Gasteiger partial charge is 0.205 e. The fourth-order valence-electron chi connectivity index (χ4n) is 1.54. The molecule has 0 spiro atoms. The van der Waals surface area contributed by atoms with E-state index in [0.29, 0.717) is 12.3 Å². The number of rotatable bonds is 2. The molecular formula is C9H12O. The third-order valence-electron chi connectivity index (χ3n) is 2.11. The van der Waals surface area contributed by atoms with Crippen LogP contribution in [0.5, 0.6) is 0 Å². The van der Waals surface area contributed by atoms with Crippen molar-refractivity contribution in [2.24, 2.45) is 5.92 Å². The first-order valence-electron chi connectivity index (χ1n) is 3.82. The van der Waals surface area contributed by atoms with Crippen molar-refractivity contribution in [3.63, 3.8) is 0 Å². The Bertz CT molecular complexity index is 158. The van der Waals surface area contributed by atoms with E-state index in [9.17, 15) is 4.79 Å². The Hall–Kier alpha value is -0.770. The summed E-state index contributed by atoms with van der Waals surface area (Å²) in [7, 11) is 0. The second-order valence-corrected chi connectivity index (χ2v) is 2.92. The number of hydrogen-bond acceptors (Lipinski definition) is 1. The highest BCUT2D eigenvalue weighted by atomic mass is 16.1. The first kappa shape index (κ1) is 7.34. The minimum absolute atomic E-state index is 0.0214. The van der Waals surface area contributed by atoms with Crippen molar-refractivity contribution < 1.29 is 4.79 Å². The van der Waals surface area contributed by atoms with Gasteiger partial charge >= 0.3 is 0 Å². The minimum atomic E-state index is -0.0214. The zero-order valence-electron chi connectivity index (χ0n) is 6.10. The Kier molecular flexibility index (Phi) is 2.50. The lowest BCUT2D eigenvalue weighted by atomic mass is 10.0. The van der Waals surface area contributed by atoms with Crippen molar-refractivity contribution >= 4 is 5.78 Å². The van der Waals surface area contributed by atoms with Gasteiger partial charge < -0.3 is 0 Å². The van der Waals surface area contributed by atoms with E-state index in [4.69, 9.17) is 6.42 Å². The fourth-order valence-corrected chi connectivity index (χ4v) is 1.54. The number of Topliss-reactive ketones (excluding diaryl/α,β-unsaturated/α-hetero) is 1. The van der Waals surface area contributed by atoms with E-state index in [1.54, 1.807) is 0 Å². The summed E-state index contributed by atoms with van der Waals surface area (Å²) < 4.78 is 0. The number of carbonyl (C=O) groups excluding carboxylic acids is 1. The van der Waals surface area contributed by atoms with Gasteiger partial charge in [-0.3, -0.25) is 4.79 Å². The van der Waals surface area contributed by atoms with Gasteiger partial charge in [0.1, 0.15) is 0 Å². The molecule has 1 fully saturated rings. The molecule has 0 atom stereocenters. The van der Waals surface area contributed by atoms with Crippen molar-refractivity contribution in [3.05, 3.63) is 0 Å². The van der Waals surface area contributed by atoms with E-state index in [1.165, 1.54) is 25.7 Å². The first-order chi connectivity index (χ1) is 4.83. The molecule has 0 aliphatic heterocycles. The molecule has 0 N–H and O–H groups in total. The molecule has 0 aromatic carbocycles. The molecule has 54 valence electrons. The summed E-state index contributed by atoms with van der Waals surface area (Å²) in [4.78, 5) is 10.7. The molecule has 1 rings (SSSR count). The summed E-state index contributed by atoms with van der Waals surface area (Å²) in [6, 6.07) is 0. The summed E-state index contributed by atoms with van der Waals surface area (Å²) in [5, 5.41) is 0. The van der Waals surface area contributed by atoms with Crippen LogP contribution in [0.15, 0.2) is 0 Å². The van der Waals surface area contributed by atoms with Gasteiger partial charge in [-0.05, 0) is 24.7 Å².